The monoisotopic (exact) mass is 198 g/mol. The lowest BCUT2D eigenvalue weighted by Crippen LogP contribution is -1.93. The van der Waals surface area contributed by atoms with Crippen molar-refractivity contribution in [2.75, 3.05) is 6.79 Å². The first kappa shape index (κ1) is 8.19. The Morgan fingerprint density at radius 3 is 3.08 bits per heavy atom. The van der Waals surface area contributed by atoms with Crippen molar-refractivity contribution in [3.63, 3.8) is 0 Å². The SMILES string of the molecule is NN=Cc1cc(Cl)c2c(c1)OCO2. The van der Waals surface area contributed by atoms with Gasteiger partial charge in [-0.15, -0.1) is 0 Å². The van der Waals surface area contributed by atoms with Crippen LogP contribution in [0.15, 0.2) is 17.2 Å². The van der Waals surface area contributed by atoms with E-state index in [1.54, 1.807) is 12.1 Å². The Morgan fingerprint density at radius 1 is 1.46 bits per heavy atom. The summed E-state index contributed by atoms with van der Waals surface area (Å²) in [6, 6.07) is 3.48. The largest absolute Gasteiger partial charge is 0.454 e. The zero-order valence-electron chi connectivity index (χ0n) is 6.66. The number of hydrogen-bond donors (Lipinski definition) is 1. The van der Waals surface area contributed by atoms with Crippen molar-refractivity contribution < 1.29 is 9.47 Å². The molecule has 0 bridgehead atoms. The molecule has 68 valence electrons. The highest BCUT2D eigenvalue weighted by Gasteiger charge is 2.17. The molecule has 0 atom stereocenters. The lowest BCUT2D eigenvalue weighted by molar-refractivity contribution is 0.174. The van der Waals surface area contributed by atoms with Gasteiger partial charge < -0.3 is 15.3 Å². The summed E-state index contributed by atoms with van der Waals surface area (Å²) in [5.41, 5.74) is 0.789. The van der Waals surface area contributed by atoms with E-state index in [4.69, 9.17) is 26.9 Å². The molecular formula is C8H7ClN2O2. The highest BCUT2D eigenvalue weighted by Crippen LogP contribution is 2.39. The summed E-state index contributed by atoms with van der Waals surface area (Å²) in [5, 5.41) is 3.90. The number of benzene rings is 1. The molecule has 2 N–H and O–H groups in total. The van der Waals surface area contributed by atoms with E-state index in [2.05, 4.69) is 5.10 Å². The molecule has 13 heavy (non-hydrogen) atoms. The number of fused-ring (bicyclic) bond motifs is 1. The smallest absolute Gasteiger partial charge is 0.231 e. The predicted octanol–water partition coefficient (Wildman–Crippen LogP) is 1.36. The highest BCUT2D eigenvalue weighted by molar-refractivity contribution is 6.32. The minimum absolute atomic E-state index is 0.207. The van der Waals surface area contributed by atoms with E-state index in [1.165, 1.54) is 6.21 Å². The van der Waals surface area contributed by atoms with Gasteiger partial charge in [-0.3, -0.25) is 0 Å². The Kier molecular flexibility index (Phi) is 1.98. The van der Waals surface area contributed by atoms with E-state index in [1.807, 2.05) is 0 Å². The van der Waals surface area contributed by atoms with Crippen molar-refractivity contribution in [2.24, 2.45) is 10.9 Å². The van der Waals surface area contributed by atoms with E-state index >= 15 is 0 Å². The summed E-state index contributed by atoms with van der Waals surface area (Å²) in [4.78, 5) is 0. The van der Waals surface area contributed by atoms with Crippen LogP contribution in [0.5, 0.6) is 11.5 Å². The Balaban J connectivity index is 2.49. The summed E-state index contributed by atoms with van der Waals surface area (Å²) in [6.45, 7) is 0.207. The Hall–Kier alpha value is -1.42. The van der Waals surface area contributed by atoms with Gasteiger partial charge in [-0.25, -0.2) is 0 Å². The normalized spacial score (nSPS) is 13.9. The van der Waals surface area contributed by atoms with Crippen molar-refractivity contribution in [1.82, 2.24) is 0 Å². The van der Waals surface area contributed by atoms with Gasteiger partial charge in [0.25, 0.3) is 0 Å². The van der Waals surface area contributed by atoms with Crippen molar-refractivity contribution in [3.05, 3.63) is 22.7 Å². The molecule has 0 unspecified atom stereocenters. The van der Waals surface area contributed by atoms with E-state index in [9.17, 15) is 0 Å². The molecule has 1 aromatic rings. The number of ether oxygens (including phenoxy) is 2. The molecule has 0 radical (unpaired) electrons. The molecule has 0 amide bonds. The van der Waals surface area contributed by atoms with Gasteiger partial charge >= 0.3 is 0 Å². The fourth-order valence-corrected chi connectivity index (χ4v) is 1.42. The zero-order chi connectivity index (χ0) is 9.26. The minimum Gasteiger partial charge on any atom is -0.454 e. The Labute approximate surface area is 79.9 Å². The molecule has 0 fully saturated rings. The van der Waals surface area contributed by atoms with Crippen LogP contribution >= 0.6 is 11.6 Å². The van der Waals surface area contributed by atoms with Crippen LogP contribution in [0.2, 0.25) is 5.02 Å². The number of hydrogen-bond acceptors (Lipinski definition) is 4. The van der Waals surface area contributed by atoms with Gasteiger partial charge in [0.05, 0.1) is 11.2 Å². The van der Waals surface area contributed by atoms with Crippen LogP contribution in [-0.2, 0) is 0 Å². The number of rotatable bonds is 1. The second-order valence-corrected chi connectivity index (χ2v) is 2.92. The third kappa shape index (κ3) is 1.40. The third-order valence-corrected chi connectivity index (χ3v) is 1.95. The Morgan fingerprint density at radius 2 is 2.31 bits per heavy atom. The molecule has 1 aromatic carbocycles. The van der Waals surface area contributed by atoms with Gasteiger partial charge in [-0.05, 0) is 17.7 Å². The van der Waals surface area contributed by atoms with Crippen LogP contribution in [0.1, 0.15) is 5.56 Å². The molecule has 4 nitrogen and oxygen atoms in total. The number of nitrogens with two attached hydrogens (primary N) is 1. The maximum absolute atomic E-state index is 5.90. The fraction of sp³-hybridized carbons (Fsp3) is 0.125. The predicted molar refractivity (Wildman–Crippen MR) is 49.4 cm³/mol. The van der Waals surface area contributed by atoms with Crippen molar-refractivity contribution >= 4 is 17.8 Å². The van der Waals surface area contributed by atoms with Crippen molar-refractivity contribution in [3.8, 4) is 11.5 Å². The summed E-state index contributed by atoms with van der Waals surface area (Å²) < 4.78 is 10.3. The second-order valence-electron chi connectivity index (χ2n) is 2.51. The first-order valence-corrected chi connectivity index (χ1v) is 4.01. The van der Waals surface area contributed by atoms with E-state index in [0.717, 1.165) is 5.56 Å². The van der Waals surface area contributed by atoms with Crippen LogP contribution < -0.4 is 15.3 Å². The van der Waals surface area contributed by atoms with Gasteiger partial charge in [0.15, 0.2) is 11.5 Å². The molecule has 0 aromatic heterocycles. The second kappa shape index (κ2) is 3.14. The molecular weight excluding hydrogens is 192 g/mol. The minimum atomic E-state index is 0.207. The number of hydrazone groups is 1. The zero-order valence-corrected chi connectivity index (χ0v) is 7.41. The van der Waals surface area contributed by atoms with Gasteiger partial charge in [-0.1, -0.05) is 11.6 Å². The molecule has 5 heteroatoms. The van der Waals surface area contributed by atoms with Crippen molar-refractivity contribution in [1.29, 1.82) is 0 Å². The first-order valence-electron chi connectivity index (χ1n) is 3.63. The molecule has 0 saturated heterocycles. The number of halogens is 1. The molecule has 2 rings (SSSR count). The number of nitrogens with zero attached hydrogens (tertiary/aromatic N) is 1. The van der Waals surface area contributed by atoms with E-state index in [0.29, 0.717) is 16.5 Å². The Bertz CT molecular complexity index is 365. The van der Waals surface area contributed by atoms with Crippen molar-refractivity contribution in [2.45, 2.75) is 0 Å². The summed E-state index contributed by atoms with van der Waals surface area (Å²) in [7, 11) is 0. The third-order valence-electron chi connectivity index (χ3n) is 1.67. The summed E-state index contributed by atoms with van der Waals surface area (Å²) in [6.07, 6.45) is 1.49. The fourth-order valence-electron chi connectivity index (χ4n) is 1.15. The summed E-state index contributed by atoms with van der Waals surface area (Å²) >= 11 is 5.90. The molecule has 1 heterocycles. The maximum Gasteiger partial charge on any atom is 0.231 e. The highest BCUT2D eigenvalue weighted by atomic mass is 35.5. The van der Waals surface area contributed by atoms with Crippen LogP contribution in [0, 0.1) is 0 Å². The van der Waals surface area contributed by atoms with Crippen LogP contribution in [0.4, 0.5) is 0 Å². The summed E-state index contributed by atoms with van der Waals surface area (Å²) in [5.74, 6) is 6.22. The molecule has 0 aliphatic carbocycles. The average molecular weight is 199 g/mol. The van der Waals surface area contributed by atoms with Gasteiger partial charge in [0.2, 0.25) is 6.79 Å². The quantitative estimate of drug-likeness (QED) is 0.421. The van der Waals surface area contributed by atoms with Crippen LogP contribution in [0.3, 0.4) is 0 Å². The van der Waals surface area contributed by atoms with Crippen LogP contribution in [-0.4, -0.2) is 13.0 Å². The van der Waals surface area contributed by atoms with Gasteiger partial charge in [0, 0.05) is 0 Å². The van der Waals surface area contributed by atoms with Gasteiger partial charge in [-0.2, -0.15) is 5.10 Å². The maximum atomic E-state index is 5.90. The van der Waals surface area contributed by atoms with E-state index in [-0.39, 0.29) is 6.79 Å². The molecule has 1 aliphatic rings. The van der Waals surface area contributed by atoms with Gasteiger partial charge in [0.1, 0.15) is 0 Å². The molecule has 0 saturated carbocycles. The lowest BCUT2D eigenvalue weighted by atomic mass is 10.2. The molecule has 1 aliphatic heterocycles. The van der Waals surface area contributed by atoms with E-state index < -0.39 is 0 Å². The standard InChI is InChI=1S/C8H7ClN2O2/c9-6-1-5(3-11-10)2-7-8(6)13-4-12-7/h1-3H,4,10H2. The topological polar surface area (TPSA) is 56.8 Å². The average Bonchev–Trinajstić information content (AvgIpc) is 2.53. The first-order chi connectivity index (χ1) is 6.31. The lowest BCUT2D eigenvalue weighted by Gasteiger charge is -1.99. The molecule has 0 spiro atoms. The van der Waals surface area contributed by atoms with Crippen LogP contribution in [0.25, 0.3) is 0 Å².